The van der Waals surface area contributed by atoms with Gasteiger partial charge in [-0.1, -0.05) is 0 Å². The lowest BCUT2D eigenvalue weighted by molar-refractivity contribution is -0.384. The second-order valence-electron chi connectivity index (χ2n) is 3.88. The van der Waals surface area contributed by atoms with Gasteiger partial charge in [-0.25, -0.2) is 9.97 Å². The minimum absolute atomic E-state index is 0.00510. The predicted octanol–water partition coefficient (Wildman–Crippen LogP) is 3.19. The van der Waals surface area contributed by atoms with Crippen molar-refractivity contribution in [2.75, 3.05) is 0 Å². The molecule has 8 heteroatoms. The zero-order valence-corrected chi connectivity index (χ0v) is 11.5. The van der Waals surface area contributed by atoms with Gasteiger partial charge in [0.15, 0.2) is 0 Å². The van der Waals surface area contributed by atoms with Gasteiger partial charge in [0.05, 0.1) is 4.92 Å². The van der Waals surface area contributed by atoms with Crippen LogP contribution < -0.4 is 4.74 Å². The van der Waals surface area contributed by atoms with Crippen LogP contribution in [0.4, 0.5) is 5.69 Å². The molecule has 0 aliphatic rings. The third kappa shape index (κ3) is 2.32. The van der Waals surface area contributed by atoms with E-state index in [1.165, 1.54) is 24.3 Å². The van der Waals surface area contributed by atoms with Crippen LogP contribution in [0.5, 0.6) is 11.6 Å². The van der Waals surface area contributed by atoms with Crippen molar-refractivity contribution in [1.29, 1.82) is 0 Å². The highest BCUT2D eigenvalue weighted by atomic mass is 79.9. The molecule has 3 rings (SSSR count). The molecule has 0 unspecified atom stereocenters. The fourth-order valence-corrected chi connectivity index (χ4v) is 2.07. The highest BCUT2D eigenvalue weighted by molar-refractivity contribution is 9.10. The van der Waals surface area contributed by atoms with Gasteiger partial charge in [0.1, 0.15) is 10.4 Å². The molecule has 0 N–H and O–H groups in total. The molecule has 0 saturated carbocycles. The molecule has 20 heavy (non-hydrogen) atoms. The minimum atomic E-state index is -0.464. The van der Waals surface area contributed by atoms with Crippen LogP contribution in [0.3, 0.4) is 0 Å². The molecule has 2 aromatic heterocycles. The van der Waals surface area contributed by atoms with E-state index in [-0.39, 0.29) is 5.69 Å². The second-order valence-corrected chi connectivity index (χ2v) is 4.69. The van der Waals surface area contributed by atoms with Gasteiger partial charge in [0.2, 0.25) is 5.65 Å². The highest BCUT2D eigenvalue weighted by Gasteiger charge is 2.10. The maximum Gasteiger partial charge on any atom is 0.269 e. The average molecular weight is 335 g/mol. The Hall–Kier alpha value is -2.48. The summed E-state index contributed by atoms with van der Waals surface area (Å²) in [5.74, 6) is 0.768. The fraction of sp³-hybridized carbons (Fsp3) is 0. The quantitative estimate of drug-likeness (QED) is 0.542. The topological polar surface area (TPSA) is 82.6 Å². The van der Waals surface area contributed by atoms with Crippen LogP contribution in [-0.2, 0) is 0 Å². The number of fused-ring (bicyclic) bond motifs is 1. The Kier molecular flexibility index (Phi) is 3.07. The summed E-state index contributed by atoms with van der Waals surface area (Å²) in [5.41, 5.74) is 0.567. The van der Waals surface area contributed by atoms with Crippen molar-refractivity contribution in [3.8, 4) is 11.6 Å². The van der Waals surface area contributed by atoms with Crippen LogP contribution in [0, 0.1) is 10.1 Å². The monoisotopic (exact) mass is 334 g/mol. The molecular formula is C12H7BrN4O3. The molecule has 0 bridgehead atoms. The first-order valence-electron chi connectivity index (χ1n) is 5.55. The van der Waals surface area contributed by atoms with Crippen LogP contribution in [0.25, 0.3) is 5.65 Å². The number of halogens is 1. The summed E-state index contributed by atoms with van der Waals surface area (Å²) in [6, 6.07) is 5.77. The molecule has 0 fully saturated rings. The molecule has 3 aromatic rings. The molecule has 2 heterocycles. The van der Waals surface area contributed by atoms with E-state index in [2.05, 4.69) is 25.9 Å². The molecule has 0 spiro atoms. The number of nitrogens with zero attached hydrogens (tertiary/aromatic N) is 4. The van der Waals surface area contributed by atoms with Crippen molar-refractivity contribution in [3.63, 3.8) is 0 Å². The van der Waals surface area contributed by atoms with E-state index in [9.17, 15) is 10.1 Å². The molecule has 0 aliphatic carbocycles. The average Bonchev–Trinajstić information content (AvgIpc) is 2.87. The van der Waals surface area contributed by atoms with Gasteiger partial charge in [0, 0.05) is 30.7 Å². The lowest BCUT2D eigenvalue weighted by Crippen LogP contribution is -1.95. The SMILES string of the molecule is O=[N+]([O-])c1ccc(Oc2nc(Br)cn3ccnc23)cc1. The largest absolute Gasteiger partial charge is 0.436 e. The predicted molar refractivity (Wildman–Crippen MR) is 73.9 cm³/mol. The van der Waals surface area contributed by atoms with Gasteiger partial charge >= 0.3 is 0 Å². The van der Waals surface area contributed by atoms with Gasteiger partial charge in [-0.05, 0) is 28.1 Å². The lowest BCUT2D eigenvalue weighted by atomic mass is 10.3. The number of aromatic nitrogens is 3. The van der Waals surface area contributed by atoms with Crippen molar-refractivity contribution in [2.45, 2.75) is 0 Å². The van der Waals surface area contributed by atoms with Crippen LogP contribution in [-0.4, -0.2) is 19.3 Å². The zero-order chi connectivity index (χ0) is 14.1. The number of non-ortho nitro benzene ring substituents is 1. The van der Waals surface area contributed by atoms with E-state index in [0.717, 1.165) is 0 Å². The van der Waals surface area contributed by atoms with E-state index in [4.69, 9.17) is 4.74 Å². The van der Waals surface area contributed by atoms with Crippen LogP contribution in [0.2, 0.25) is 0 Å². The second kappa shape index (κ2) is 4.89. The summed E-state index contributed by atoms with van der Waals surface area (Å²) >= 11 is 3.28. The number of benzene rings is 1. The number of nitro groups is 1. The number of rotatable bonds is 3. The standard InChI is InChI=1S/C12H7BrN4O3/c13-10-7-16-6-5-14-11(16)12(15-10)20-9-3-1-8(2-4-9)17(18)19/h1-7H. The smallest absolute Gasteiger partial charge is 0.269 e. The Morgan fingerprint density at radius 1 is 1.30 bits per heavy atom. The molecule has 1 aromatic carbocycles. The first-order chi connectivity index (χ1) is 9.63. The van der Waals surface area contributed by atoms with Crippen LogP contribution >= 0.6 is 15.9 Å². The van der Waals surface area contributed by atoms with E-state index in [1.54, 1.807) is 23.0 Å². The number of hydrogen-bond donors (Lipinski definition) is 0. The van der Waals surface area contributed by atoms with Crippen LogP contribution in [0.1, 0.15) is 0 Å². The molecule has 100 valence electrons. The van der Waals surface area contributed by atoms with Gasteiger partial charge in [0.25, 0.3) is 11.6 Å². The summed E-state index contributed by atoms with van der Waals surface area (Å²) in [5, 5.41) is 10.6. The lowest BCUT2D eigenvalue weighted by Gasteiger charge is -2.06. The fourth-order valence-electron chi connectivity index (χ4n) is 1.69. The summed E-state index contributed by atoms with van der Waals surface area (Å²) < 4.78 is 7.98. The van der Waals surface area contributed by atoms with E-state index >= 15 is 0 Å². The molecule has 0 atom stereocenters. The zero-order valence-electron chi connectivity index (χ0n) is 9.93. The summed E-state index contributed by atoms with van der Waals surface area (Å²) in [4.78, 5) is 18.5. The van der Waals surface area contributed by atoms with E-state index in [1.807, 2.05) is 0 Å². The van der Waals surface area contributed by atoms with Crippen molar-refractivity contribution in [2.24, 2.45) is 0 Å². The number of imidazole rings is 1. The third-order valence-corrected chi connectivity index (χ3v) is 2.96. The maximum atomic E-state index is 10.6. The first kappa shape index (κ1) is 12.5. The maximum absolute atomic E-state index is 10.6. The highest BCUT2D eigenvalue weighted by Crippen LogP contribution is 2.26. The van der Waals surface area contributed by atoms with E-state index < -0.39 is 4.92 Å². The number of hydrogen-bond acceptors (Lipinski definition) is 5. The van der Waals surface area contributed by atoms with Crippen LogP contribution in [0.15, 0.2) is 47.5 Å². The third-order valence-electron chi connectivity index (χ3n) is 2.58. The molecule has 0 saturated heterocycles. The molecule has 0 radical (unpaired) electrons. The number of ether oxygens (including phenoxy) is 1. The van der Waals surface area contributed by atoms with Gasteiger partial charge < -0.3 is 4.74 Å². The minimum Gasteiger partial charge on any atom is -0.436 e. The first-order valence-corrected chi connectivity index (χ1v) is 6.34. The van der Waals surface area contributed by atoms with E-state index in [0.29, 0.717) is 21.9 Å². The molecular weight excluding hydrogens is 328 g/mol. The Morgan fingerprint density at radius 3 is 2.75 bits per heavy atom. The summed E-state index contributed by atoms with van der Waals surface area (Å²) in [6.07, 6.45) is 5.15. The van der Waals surface area contributed by atoms with Crippen molar-refractivity contribution in [1.82, 2.24) is 14.4 Å². The van der Waals surface area contributed by atoms with Gasteiger partial charge in [-0.2, -0.15) is 0 Å². The van der Waals surface area contributed by atoms with Gasteiger partial charge in [-0.15, -0.1) is 0 Å². The molecule has 7 nitrogen and oxygen atoms in total. The Labute approximate surface area is 121 Å². The number of nitro benzene ring substituents is 1. The Morgan fingerprint density at radius 2 is 2.05 bits per heavy atom. The Balaban J connectivity index is 1.96. The van der Waals surface area contributed by atoms with Crippen molar-refractivity contribution < 1.29 is 9.66 Å². The summed E-state index contributed by atoms with van der Waals surface area (Å²) in [6.45, 7) is 0. The Bertz CT molecular complexity index is 785. The van der Waals surface area contributed by atoms with Gasteiger partial charge in [-0.3, -0.25) is 14.5 Å². The van der Waals surface area contributed by atoms with Crippen molar-refractivity contribution in [3.05, 3.63) is 57.6 Å². The normalized spacial score (nSPS) is 10.7. The molecule has 0 aliphatic heterocycles. The summed E-state index contributed by atoms with van der Waals surface area (Å²) in [7, 11) is 0. The van der Waals surface area contributed by atoms with Crippen molar-refractivity contribution >= 4 is 27.3 Å². The molecule has 0 amide bonds.